The number of methoxy groups -OCH3 is 1. The van der Waals surface area contributed by atoms with Gasteiger partial charge in [-0.25, -0.2) is 4.98 Å². The van der Waals surface area contributed by atoms with Crippen LogP contribution in [-0.4, -0.2) is 27.7 Å². The highest BCUT2D eigenvalue weighted by Crippen LogP contribution is 2.35. The Kier molecular flexibility index (Phi) is 4.99. The van der Waals surface area contributed by atoms with Gasteiger partial charge in [0.1, 0.15) is 5.75 Å². The molecule has 0 saturated carbocycles. The number of aliphatic hydroxyl groups excluding tert-OH is 1. The average Bonchev–Trinajstić information content (AvgIpc) is 3.41. The molecule has 2 heterocycles. The van der Waals surface area contributed by atoms with Crippen LogP contribution in [-0.2, 0) is 13.2 Å². The minimum atomic E-state index is -0.0258. The maximum atomic E-state index is 13.3. The summed E-state index contributed by atoms with van der Waals surface area (Å²) in [5, 5.41) is 9.25. The maximum Gasteiger partial charge on any atom is 0.258 e. The molecular weight excluding hydrogens is 402 g/mol. The predicted octanol–water partition coefficient (Wildman–Crippen LogP) is 4.51. The molecule has 0 fully saturated rings. The highest BCUT2D eigenvalue weighted by atomic mass is 16.5. The Labute approximate surface area is 186 Å². The molecule has 5 rings (SSSR count). The number of aromatic nitrogens is 2. The minimum absolute atomic E-state index is 0.0145. The number of benzene rings is 3. The number of fused-ring (bicyclic) bond motifs is 1. The Hall–Kier alpha value is -3.90. The largest absolute Gasteiger partial charge is 0.494 e. The van der Waals surface area contributed by atoms with E-state index in [1.54, 1.807) is 18.3 Å². The third kappa shape index (κ3) is 3.44. The topological polar surface area (TPSA) is 67.6 Å². The number of amides is 1. The van der Waals surface area contributed by atoms with Crippen LogP contribution in [0.4, 0.5) is 5.69 Å². The monoisotopic (exact) mass is 425 g/mol. The second-order valence-corrected chi connectivity index (χ2v) is 7.90. The molecule has 1 amide bonds. The Bertz CT molecular complexity index is 1310. The Morgan fingerprint density at radius 3 is 2.50 bits per heavy atom. The summed E-state index contributed by atoms with van der Waals surface area (Å²) in [5.74, 6) is 0.649. The van der Waals surface area contributed by atoms with E-state index in [0.29, 0.717) is 17.9 Å². The van der Waals surface area contributed by atoms with Crippen LogP contribution in [0.5, 0.6) is 5.75 Å². The summed E-state index contributed by atoms with van der Waals surface area (Å²) in [6.45, 7) is 2.47. The SMILES string of the molecule is COc1cc(N2Cc3ccc(-c4ccc(CO)cc4)cc3C2=O)ccc1-n1cnc(C)c1. The standard InChI is InChI=1S/C26H23N3O3/c1-17-13-28(16-27-17)24-10-9-22(12-25(24)32-2)29-14-21-8-7-20(11-23(21)26(29)31)19-5-3-18(15-30)4-6-19/h3-13,16,30H,14-15H2,1-2H3. The van der Waals surface area contributed by atoms with Crippen molar-refractivity contribution >= 4 is 11.6 Å². The van der Waals surface area contributed by atoms with Gasteiger partial charge in [-0.05, 0) is 47.4 Å². The molecule has 0 unspecified atom stereocenters. The Morgan fingerprint density at radius 2 is 1.81 bits per heavy atom. The molecule has 0 bridgehead atoms. The Balaban J connectivity index is 1.45. The summed E-state index contributed by atoms with van der Waals surface area (Å²) in [6, 6.07) is 19.5. The number of ether oxygens (including phenoxy) is 1. The fourth-order valence-electron chi connectivity index (χ4n) is 4.09. The number of anilines is 1. The van der Waals surface area contributed by atoms with Gasteiger partial charge in [0, 0.05) is 23.5 Å². The van der Waals surface area contributed by atoms with Gasteiger partial charge in [-0.3, -0.25) is 4.79 Å². The zero-order valence-electron chi connectivity index (χ0n) is 17.9. The number of aryl methyl sites for hydroxylation is 1. The van der Waals surface area contributed by atoms with Crippen LogP contribution in [0.15, 0.2) is 73.2 Å². The summed E-state index contributed by atoms with van der Waals surface area (Å²) >= 11 is 0. The summed E-state index contributed by atoms with van der Waals surface area (Å²) in [5.41, 5.74) is 7.14. The van der Waals surface area contributed by atoms with Gasteiger partial charge in [-0.15, -0.1) is 0 Å². The molecule has 4 aromatic rings. The van der Waals surface area contributed by atoms with E-state index in [9.17, 15) is 9.90 Å². The number of carbonyl (C=O) groups excluding carboxylic acids is 1. The number of aliphatic hydroxyl groups is 1. The highest BCUT2D eigenvalue weighted by Gasteiger charge is 2.29. The second-order valence-electron chi connectivity index (χ2n) is 7.90. The van der Waals surface area contributed by atoms with Crippen molar-refractivity contribution in [3.05, 3.63) is 95.6 Å². The van der Waals surface area contributed by atoms with E-state index >= 15 is 0 Å². The van der Waals surface area contributed by atoms with Crippen molar-refractivity contribution in [3.8, 4) is 22.6 Å². The lowest BCUT2D eigenvalue weighted by Crippen LogP contribution is -2.23. The summed E-state index contributed by atoms with van der Waals surface area (Å²) in [7, 11) is 1.63. The first-order valence-electron chi connectivity index (χ1n) is 10.4. The zero-order chi connectivity index (χ0) is 22.2. The minimum Gasteiger partial charge on any atom is -0.494 e. The summed E-state index contributed by atoms with van der Waals surface area (Å²) < 4.78 is 7.52. The number of rotatable bonds is 5. The lowest BCUT2D eigenvalue weighted by atomic mass is 9.99. The van der Waals surface area contributed by atoms with E-state index in [0.717, 1.165) is 39.3 Å². The van der Waals surface area contributed by atoms with Gasteiger partial charge in [0.2, 0.25) is 0 Å². The van der Waals surface area contributed by atoms with Crippen molar-refractivity contribution in [1.82, 2.24) is 9.55 Å². The fourth-order valence-corrected chi connectivity index (χ4v) is 4.09. The lowest BCUT2D eigenvalue weighted by molar-refractivity contribution is 0.0996. The van der Waals surface area contributed by atoms with Gasteiger partial charge >= 0.3 is 0 Å². The van der Waals surface area contributed by atoms with E-state index in [4.69, 9.17) is 4.74 Å². The molecule has 1 aliphatic heterocycles. The average molecular weight is 425 g/mol. The van der Waals surface area contributed by atoms with E-state index in [2.05, 4.69) is 4.98 Å². The van der Waals surface area contributed by atoms with E-state index in [1.165, 1.54) is 0 Å². The van der Waals surface area contributed by atoms with Crippen LogP contribution in [0.1, 0.15) is 27.2 Å². The fraction of sp³-hybridized carbons (Fsp3) is 0.154. The quantitative estimate of drug-likeness (QED) is 0.511. The number of hydrogen-bond acceptors (Lipinski definition) is 4. The molecule has 0 spiro atoms. The molecule has 1 N–H and O–H groups in total. The van der Waals surface area contributed by atoms with Crippen LogP contribution in [0.3, 0.4) is 0 Å². The summed E-state index contributed by atoms with van der Waals surface area (Å²) in [6.07, 6.45) is 3.68. The van der Waals surface area contributed by atoms with Crippen molar-refractivity contribution in [3.63, 3.8) is 0 Å². The zero-order valence-corrected chi connectivity index (χ0v) is 17.9. The second kappa shape index (κ2) is 7.98. The van der Waals surface area contributed by atoms with Crippen LogP contribution >= 0.6 is 0 Å². The van der Waals surface area contributed by atoms with Gasteiger partial charge in [0.05, 0.1) is 38.0 Å². The van der Waals surface area contributed by atoms with Crippen LogP contribution in [0.2, 0.25) is 0 Å². The number of imidazole rings is 1. The molecule has 3 aromatic carbocycles. The van der Waals surface area contributed by atoms with Gasteiger partial charge in [0.15, 0.2) is 0 Å². The lowest BCUT2D eigenvalue weighted by Gasteiger charge is -2.18. The number of hydrogen-bond donors (Lipinski definition) is 1. The first-order valence-corrected chi connectivity index (χ1v) is 10.4. The summed E-state index contributed by atoms with van der Waals surface area (Å²) in [4.78, 5) is 19.3. The Morgan fingerprint density at radius 1 is 1.03 bits per heavy atom. The van der Waals surface area contributed by atoms with Gasteiger partial charge in [-0.1, -0.05) is 36.4 Å². The van der Waals surface area contributed by atoms with E-state index in [-0.39, 0.29) is 12.5 Å². The molecular formula is C26H23N3O3. The normalized spacial score (nSPS) is 12.8. The molecule has 1 aliphatic rings. The molecule has 6 nitrogen and oxygen atoms in total. The molecule has 0 aliphatic carbocycles. The smallest absolute Gasteiger partial charge is 0.258 e. The first-order chi connectivity index (χ1) is 15.6. The van der Waals surface area contributed by atoms with Crippen molar-refractivity contribution in [2.45, 2.75) is 20.1 Å². The molecule has 6 heteroatoms. The van der Waals surface area contributed by atoms with Crippen molar-refractivity contribution in [1.29, 1.82) is 0 Å². The van der Waals surface area contributed by atoms with Gasteiger partial charge < -0.3 is 19.3 Å². The maximum absolute atomic E-state index is 13.3. The highest BCUT2D eigenvalue weighted by molar-refractivity contribution is 6.10. The van der Waals surface area contributed by atoms with Crippen molar-refractivity contribution in [2.75, 3.05) is 12.0 Å². The third-order valence-electron chi connectivity index (χ3n) is 5.85. The predicted molar refractivity (Wildman–Crippen MR) is 123 cm³/mol. The van der Waals surface area contributed by atoms with Crippen LogP contribution in [0, 0.1) is 6.92 Å². The molecule has 0 saturated heterocycles. The van der Waals surface area contributed by atoms with E-state index < -0.39 is 0 Å². The first kappa shape index (κ1) is 20.0. The van der Waals surface area contributed by atoms with Gasteiger partial charge in [-0.2, -0.15) is 0 Å². The van der Waals surface area contributed by atoms with Crippen LogP contribution < -0.4 is 9.64 Å². The molecule has 0 atom stereocenters. The third-order valence-corrected chi connectivity index (χ3v) is 5.85. The molecule has 0 radical (unpaired) electrons. The number of nitrogens with zero attached hydrogens (tertiary/aromatic N) is 3. The molecule has 32 heavy (non-hydrogen) atoms. The number of carbonyl (C=O) groups is 1. The van der Waals surface area contributed by atoms with Crippen LogP contribution in [0.25, 0.3) is 16.8 Å². The van der Waals surface area contributed by atoms with Crippen molar-refractivity contribution < 1.29 is 14.6 Å². The van der Waals surface area contributed by atoms with Crippen molar-refractivity contribution in [2.24, 2.45) is 0 Å². The molecule has 1 aromatic heterocycles. The van der Waals surface area contributed by atoms with Gasteiger partial charge in [0.25, 0.3) is 5.91 Å². The molecule has 160 valence electrons. The van der Waals surface area contributed by atoms with E-state index in [1.807, 2.05) is 78.4 Å².